The average Bonchev–Trinajstić information content (AvgIpc) is 3.58. The number of aryl methyl sites for hydroxylation is 1. The van der Waals surface area contributed by atoms with Crippen LogP contribution in [-0.4, -0.2) is 18.0 Å². The number of nitrogens with one attached hydrogen (secondary N) is 1. The zero-order valence-corrected chi connectivity index (χ0v) is 28.0. The van der Waals surface area contributed by atoms with Crippen LogP contribution in [0.25, 0.3) is 0 Å². The second kappa shape index (κ2) is 10.3. The zero-order chi connectivity index (χ0) is 31.2. The van der Waals surface area contributed by atoms with Crippen molar-refractivity contribution >= 4 is 11.9 Å². The minimum atomic E-state index is -0.286. The Hall–Kier alpha value is -2.36. The SMILES string of the molecule is C=C(C)[C@@H]1CC[C@]2(C(=O)NC3CCc4ccccc43)CC[C@]3(C)[C@H](CC[C@@H]4[C@@]5(C)CC[C@H](OC(C)=O)C(=C)[C@@H]5CC[C@]43C)[C@@H]12. The summed E-state index contributed by atoms with van der Waals surface area (Å²) in [5.41, 5.74) is 5.46. The van der Waals surface area contributed by atoms with Crippen LogP contribution in [0.2, 0.25) is 0 Å². The summed E-state index contributed by atoms with van der Waals surface area (Å²) in [6.45, 7) is 20.7. The van der Waals surface area contributed by atoms with Gasteiger partial charge >= 0.3 is 5.97 Å². The maximum atomic E-state index is 14.7. The van der Waals surface area contributed by atoms with Crippen LogP contribution in [0.5, 0.6) is 0 Å². The summed E-state index contributed by atoms with van der Waals surface area (Å²) in [4.78, 5) is 26.5. The number of ether oxygens (including phenoxy) is 1. The van der Waals surface area contributed by atoms with Crippen molar-refractivity contribution in [2.75, 3.05) is 0 Å². The Bertz CT molecular complexity index is 1400. The van der Waals surface area contributed by atoms with Gasteiger partial charge in [0.2, 0.25) is 5.91 Å². The van der Waals surface area contributed by atoms with E-state index < -0.39 is 0 Å². The van der Waals surface area contributed by atoms with Gasteiger partial charge in [-0.2, -0.15) is 0 Å². The molecule has 1 unspecified atom stereocenters. The van der Waals surface area contributed by atoms with E-state index in [0.29, 0.717) is 35.5 Å². The average molecular weight is 598 g/mol. The van der Waals surface area contributed by atoms with Gasteiger partial charge in [0, 0.05) is 6.92 Å². The summed E-state index contributed by atoms with van der Waals surface area (Å²) in [7, 11) is 0. The molecule has 1 aromatic carbocycles. The largest absolute Gasteiger partial charge is 0.458 e. The van der Waals surface area contributed by atoms with Crippen molar-refractivity contribution in [1.82, 2.24) is 5.32 Å². The summed E-state index contributed by atoms with van der Waals surface area (Å²) in [5, 5.41) is 3.65. The highest BCUT2D eigenvalue weighted by Crippen LogP contribution is 2.76. The summed E-state index contributed by atoms with van der Waals surface area (Å²) < 4.78 is 5.76. The third-order valence-corrected chi connectivity index (χ3v) is 15.3. The molecule has 4 heteroatoms. The lowest BCUT2D eigenvalue weighted by molar-refractivity contribution is -0.221. The van der Waals surface area contributed by atoms with E-state index >= 15 is 0 Å². The predicted molar refractivity (Wildman–Crippen MR) is 176 cm³/mol. The minimum Gasteiger partial charge on any atom is -0.458 e. The zero-order valence-electron chi connectivity index (χ0n) is 28.0. The van der Waals surface area contributed by atoms with Gasteiger partial charge in [-0.15, -0.1) is 0 Å². The summed E-state index contributed by atoms with van der Waals surface area (Å²) >= 11 is 0. The molecular formula is C40H55NO3. The number of allylic oxidation sites excluding steroid dienone is 1. The molecule has 11 atom stereocenters. The predicted octanol–water partition coefficient (Wildman–Crippen LogP) is 8.91. The molecule has 4 nitrogen and oxygen atoms in total. The van der Waals surface area contributed by atoms with Gasteiger partial charge in [0.05, 0.1) is 11.5 Å². The lowest BCUT2D eigenvalue weighted by Crippen LogP contribution is -2.66. The summed E-state index contributed by atoms with van der Waals surface area (Å²) in [5.74, 6) is 2.49. The topological polar surface area (TPSA) is 55.4 Å². The van der Waals surface area contributed by atoms with Crippen LogP contribution >= 0.6 is 0 Å². The van der Waals surface area contributed by atoms with Gasteiger partial charge in [-0.1, -0.05) is 63.8 Å². The molecule has 6 aliphatic carbocycles. The molecule has 0 saturated heterocycles. The highest BCUT2D eigenvalue weighted by Gasteiger charge is 2.71. The van der Waals surface area contributed by atoms with E-state index in [0.717, 1.165) is 63.4 Å². The second-order valence-corrected chi connectivity index (χ2v) is 16.8. The van der Waals surface area contributed by atoms with E-state index in [1.807, 2.05) is 0 Å². The number of esters is 1. The van der Waals surface area contributed by atoms with Gasteiger partial charge in [0.15, 0.2) is 0 Å². The number of hydrogen-bond donors (Lipinski definition) is 1. The van der Waals surface area contributed by atoms with E-state index in [9.17, 15) is 9.59 Å². The van der Waals surface area contributed by atoms with Crippen molar-refractivity contribution in [2.24, 2.45) is 51.2 Å². The molecule has 1 N–H and O–H groups in total. The monoisotopic (exact) mass is 597 g/mol. The Morgan fingerprint density at radius 1 is 0.886 bits per heavy atom. The lowest BCUT2D eigenvalue weighted by atomic mass is 9.33. The Morgan fingerprint density at radius 2 is 1.66 bits per heavy atom. The number of benzene rings is 1. The Morgan fingerprint density at radius 3 is 2.41 bits per heavy atom. The first-order valence-electron chi connectivity index (χ1n) is 17.8. The van der Waals surface area contributed by atoms with Crippen molar-refractivity contribution in [1.29, 1.82) is 0 Å². The van der Waals surface area contributed by atoms with Crippen LogP contribution in [0, 0.1) is 51.2 Å². The number of carbonyl (C=O) groups is 2. The fourth-order valence-corrected chi connectivity index (χ4v) is 13.1. The van der Waals surface area contributed by atoms with E-state index in [4.69, 9.17) is 4.74 Å². The van der Waals surface area contributed by atoms with E-state index in [-0.39, 0.29) is 39.8 Å². The van der Waals surface area contributed by atoms with Gasteiger partial charge in [-0.3, -0.25) is 9.59 Å². The minimum absolute atomic E-state index is 0.127. The van der Waals surface area contributed by atoms with Crippen LogP contribution in [0.15, 0.2) is 48.6 Å². The fraction of sp³-hybridized carbons (Fsp3) is 0.700. The first-order chi connectivity index (χ1) is 20.9. The van der Waals surface area contributed by atoms with Gasteiger partial charge in [-0.25, -0.2) is 0 Å². The van der Waals surface area contributed by atoms with Crippen molar-refractivity contribution in [3.8, 4) is 0 Å². The number of amides is 1. The third-order valence-electron chi connectivity index (χ3n) is 15.3. The van der Waals surface area contributed by atoms with Crippen molar-refractivity contribution in [3.63, 3.8) is 0 Å². The summed E-state index contributed by atoms with van der Waals surface area (Å²) in [6.07, 6.45) is 12.9. The molecular weight excluding hydrogens is 542 g/mol. The molecule has 7 rings (SSSR count). The first-order valence-corrected chi connectivity index (χ1v) is 17.8. The maximum Gasteiger partial charge on any atom is 0.303 e. The number of rotatable bonds is 4. The maximum absolute atomic E-state index is 14.7. The van der Waals surface area contributed by atoms with Gasteiger partial charge < -0.3 is 10.1 Å². The van der Waals surface area contributed by atoms with E-state index in [1.54, 1.807) is 0 Å². The number of hydrogen-bond acceptors (Lipinski definition) is 3. The van der Waals surface area contributed by atoms with Crippen molar-refractivity contribution < 1.29 is 14.3 Å². The lowest BCUT2D eigenvalue weighted by Gasteiger charge is -2.71. The Labute approximate surface area is 265 Å². The van der Waals surface area contributed by atoms with Gasteiger partial charge in [-0.05, 0) is 147 Å². The van der Waals surface area contributed by atoms with Crippen LogP contribution in [0.3, 0.4) is 0 Å². The molecule has 0 aromatic heterocycles. The van der Waals surface area contributed by atoms with Crippen LogP contribution < -0.4 is 5.32 Å². The quantitative estimate of drug-likeness (QED) is 0.279. The van der Waals surface area contributed by atoms with Crippen LogP contribution in [0.1, 0.15) is 122 Å². The van der Waals surface area contributed by atoms with E-state index in [2.05, 4.69) is 70.4 Å². The van der Waals surface area contributed by atoms with Gasteiger partial charge in [0.1, 0.15) is 6.10 Å². The highest BCUT2D eigenvalue weighted by molar-refractivity contribution is 5.84. The molecule has 0 bridgehead atoms. The molecule has 5 fully saturated rings. The second-order valence-electron chi connectivity index (χ2n) is 16.8. The molecule has 6 aliphatic rings. The smallest absolute Gasteiger partial charge is 0.303 e. The summed E-state index contributed by atoms with van der Waals surface area (Å²) in [6, 6.07) is 8.84. The standard InChI is InChI=1S/C40H55NO3/c1-24(2)28-16-21-40(36(43)41-32-14-12-27-10-8-9-11-29(27)32)23-22-38(6)31(35(28)40)13-15-34-37(5)19-18-33(44-26(4)42)25(3)30(37)17-20-39(34,38)7/h8-11,28,30-35H,1,3,12-23H2,2,4-7H3,(H,41,43)/t28-,30-,31+,32?,33-,34+,35+,37-,38+,39+,40-/m0/s1. The molecule has 44 heavy (non-hydrogen) atoms. The van der Waals surface area contributed by atoms with Crippen LogP contribution in [0.4, 0.5) is 0 Å². The van der Waals surface area contributed by atoms with Crippen LogP contribution in [-0.2, 0) is 20.7 Å². The normalized spacial score (nSPS) is 45.7. The highest BCUT2D eigenvalue weighted by atomic mass is 16.5. The molecule has 1 amide bonds. The molecule has 0 heterocycles. The molecule has 0 radical (unpaired) electrons. The third kappa shape index (κ3) is 4.07. The van der Waals surface area contributed by atoms with Crippen molar-refractivity contribution in [3.05, 3.63) is 59.7 Å². The molecule has 0 spiro atoms. The number of fused-ring (bicyclic) bond motifs is 8. The Balaban J connectivity index is 1.20. The number of carbonyl (C=O) groups excluding carboxylic acids is 2. The van der Waals surface area contributed by atoms with Gasteiger partial charge in [0.25, 0.3) is 0 Å². The fourth-order valence-electron chi connectivity index (χ4n) is 13.1. The molecule has 5 saturated carbocycles. The van der Waals surface area contributed by atoms with Crippen molar-refractivity contribution in [2.45, 2.75) is 124 Å². The molecule has 0 aliphatic heterocycles. The molecule has 238 valence electrons. The Kier molecular flexibility index (Phi) is 7.11. The van der Waals surface area contributed by atoms with E-state index in [1.165, 1.54) is 42.9 Å². The first kappa shape index (κ1) is 30.3. The molecule has 1 aromatic rings.